The van der Waals surface area contributed by atoms with E-state index in [-0.39, 0.29) is 6.61 Å². The highest BCUT2D eigenvalue weighted by Crippen LogP contribution is 2.39. The number of hydrogen-bond donors (Lipinski definition) is 2. The first kappa shape index (κ1) is 28.8. The second kappa shape index (κ2) is 12.9. The van der Waals surface area contributed by atoms with Gasteiger partial charge in [0.1, 0.15) is 11.6 Å². The van der Waals surface area contributed by atoms with Gasteiger partial charge in [-0.2, -0.15) is 5.10 Å². The normalized spacial score (nSPS) is 12.5. The molecule has 0 radical (unpaired) electrons. The van der Waals surface area contributed by atoms with E-state index in [1.165, 1.54) is 11.3 Å². The third-order valence-corrected chi connectivity index (χ3v) is 8.21. The smallest absolute Gasteiger partial charge is 0.341 e. The average Bonchev–Trinajstić information content (AvgIpc) is 3.59. The topological polar surface area (TPSA) is 115 Å². The van der Waals surface area contributed by atoms with E-state index in [0.717, 1.165) is 46.0 Å². The van der Waals surface area contributed by atoms with Gasteiger partial charge in [-0.25, -0.2) is 10.2 Å². The van der Waals surface area contributed by atoms with Crippen LogP contribution < -0.4 is 20.2 Å². The summed E-state index contributed by atoms with van der Waals surface area (Å²) in [5, 5.41) is 9.25. The van der Waals surface area contributed by atoms with Crippen LogP contribution in [0.5, 0.6) is 11.5 Å². The summed E-state index contributed by atoms with van der Waals surface area (Å²) in [7, 11) is 1.55. The zero-order chi connectivity index (χ0) is 29.6. The molecule has 0 saturated carbocycles. The number of benzene rings is 3. The van der Waals surface area contributed by atoms with Crippen LogP contribution in [0.4, 0.5) is 5.00 Å². The summed E-state index contributed by atoms with van der Waals surface area (Å²) in [6.45, 7) is 4.00. The molecule has 1 aliphatic rings. The summed E-state index contributed by atoms with van der Waals surface area (Å²) in [5.41, 5.74) is 5.70. The van der Waals surface area contributed by atoms with E-state index in [0.29, 0.717) is 39.9 Å². The first-order chi connectivity index (χ1) is 20.4. The van der Waals surface area contributed by atoms with Crippen LogP contribution in [0.2, 0.25) is 0 Å². The zero-order valence-corrected chi connectivity index (χ0v) is 24.4. The van der Waals surface area contributed by atoms with E-state index < -0.39 is 17.8 Å². The van der Waals surface area contributed by atoms with Gasteiger partial charge in [-0.15, -0.1) is 11.3 Å². The fraction of sp³-hybridized carbons (Fsp3) is 0.250. The van der Waals surface area contributed by atoms with Crippen molar-refractivity contribution in [2.45, 2.75) is 39.7 Å². The molecule has 0 atom stereocenters. The summed E-state index contributed by atoms with van der Waals surface area (Å²) in [5.74, 6) is -1.32. The van der Waals surface area contributed by atoms with Gasteiger partial charge in [-0.3, -0.25) is 9.59 Å². The highest BCUT2D eigenvalue weighted by Gasteiger charge is 2.29. The van der Waals surface area contributed by atoms with Crippen LogP contribution in [0, 0.1) is 0 Å². The van der Waals surface area contributed by atoms with Crippen LogP contribution in [0.3, 0.4) is 0 Å². The van der Waals surface area contributed by atoms with Gasteiger partial charge < -0.3 is 19.5 Å². The minimum Gasteiger partial charge on any atom is -0.493 e. The zero-order valence-electron chi connectivity index (χ0n) is 23.6. The summed E-state index contributed by atoms with van der Waals surface area (Å²) >= 11 is 1.30. The molecule has 0 saturated heterocycles. The summed E-state index contributed by atoms with van der Waals surface area (Å²) in [6.07, 6.45) is 2.51. The van der Waals surface area contributed by atoms with Crippen LogP contribution in [-0.4, -0.2) is 37.2 Å². The van der Waals surface area contributed by atoms with Gasteiger partial charge in [-0.05, 0) is 73.2 Å². The van der Waals surface area contributed by atoms with Gasteiger partial charge >= 0.3 is 17.8 Å². The largest absolute Gasteiger partial charge is 0.493 e. The van der Waals surface area contributed by atoms with Crippen molar-refractivity contribution in [3.63, 3.8) is 0 Å². The molecule has 10 heteroatoms. The fourth-order valence-corrected chi connectivity index (χ4v) is 6.18. The van der Waals surface area contributed by atoms with Crippen LogP contribution >= 0.6 is 11.3 Å². The van der Waals surface area contributed by atoms with Crippen LogP contribution in [0.25, 0.3) is 10.8 Å². The van der Waals surface area contributed by atoms with Crippen molar-refractivity contribution in [2.24, 2.45) is 5.10 Å². The van der Waals surface area contributed by atoms with E-state index in [4.69, 9.17) is 14.2 Å². The lowest BCUT2D eigenvalue weighted by Crippen LogP contribution is -2.33. The molecule has 2 amide bonds. The van der Waals surface area contributed by atoms with E-state index in [9.17, 15) is 14.4 Å². The number of carbonyl (C=O) groups excluding carboxylic acids is 3. The fourth-order valence-electron chi connectivity index (χ4n) is 4.91. The summed E-state index contributed by atoms with van der Waals surface area (Å²) < 4.78 is 16.8. The molecule has 216 valence electrons. The van der Waals surface area contributed by atoms with Crippen molar-refractivity contribution < 1.29 is 28.6 Å². The molecule has 0 aliphatic heterocycles. The molecular weight excluding hydrogens is 554 g/mol. The van der Waals surface area contributed by atoms with Crippen molar-refractivity contribution in [3.05, 3.63) is 87.8 Å². The number of fused-ring (bicyclic) bond motifs is 2. The monoisotopic (exact) mass is 585 g/mol. The number of aryl methyl sites for hydroxylation is 1. The molecule has 1 heterocycles. The Kier molecular flexibility index (Phi) is 8.83. The number of anilines is 1. The van der Waals surface area contributed by atoms with Crippen molar-refractivity contribution in [3.8, 4) is 11.5 Å². The number of thiophene rings is 1. The Labute approximate surface area is 247 Å². The number of ether oxygens (including phenoxy) is 3. The Hall–Kier alpha value is -4.70. The van der Waals surface area contributed by atoms with E-state index in [2.05, 4.69) is 34.0 Å². The first-order valence-corrected chi connectivity index (χ1v) is 14.5. The van der Waals surface area contributed by atoms with Gasteiger partial charge in [-0.1, -0.05) is 42.5 Å². The summed E-state index contributed by atoms with van der Waals surface area (Å²) in [4.78, 5) is 38.8. The van der Waals surface area contributed by atoms with Crippen molar-refractivity contribution in [1.82, 2.24) is 5.43 Å². The molecule has 9 nitrogen and oxygen atoms in total. The number of hydrazone groups is 1. The molecule has 3 aromatic carbocycles. The molecule has 5 rings (SSSR count). The molecule has 1 aliphatic carbocycles. The first-order valence-electron chi connectivity index (χ1n) is 13.6. The van der Waals surface area contributed by atoms with Gasteiger partial charge in [0.15, 0.2) is 11.5 Å². The number of carbonyl (C=O) groups is 3. The van der Waals surface area contributed by atoms with E-state index >= 15 is 0 Å². The molecule has 0 unspecified atom stereocenters. The van der Waals surface area contributed by atoms with Gasteiger partial charge in [0, 0.05) is 10.4 Å². The minimum absolute atomic E-state index is 0.216. The number of nitrogens with one attached hydrogen (secondary N) is 2. The molecule has 1 aromatic heterocycles. The highest BCUT2D eigenvalue weighted by atomic mass is 32.1. The average molecular weight is 586 g/mol. The Morgan fingerprint density at radius 1 is 0.976 bits per heavy atom. The lowest BCUT2D eigenvalue weighted by molar-refractivity contribution is -0.136. The van der Waals surface area contributed by atoms with Crippen LogP contribution in [-0.2, 0) is 33.8 Å². The molecule has 42 heavy (non-hydrogen) atoms. The number of esters is 1. The maximum Gasteiger partial charge on any atom is 0.341 e. The van der Waals surface area contributed by atoms with E-state index in [1.54, 1.807) is 39.2 Å². The van der Waals surface area contributed by atoms with E-state index in [1.807, 2.05) is 24.3 Å². The predicted molar refractivity (Wildman–Crippen MR) is 163 cm³/mol. The highest BCUT2D eigenvalue weighted by molar-refractivity contribution is 7.17. The third kappa shape index (κ3) is 6.13. The molecule has 0 spiro atoms. The number of methoxy groups -OCH3 is 1. The lowest BCUT2D eigenvalue weighted by atomic mass is 10.1. The Morgan fingerprint density at radius 3 is 2.60 bits per heavy atom. The second-order valence-electron chi connectivity index (χ2n) is 9.67. The Bertz CT molecular complexity index is 1690. The maximum atomic E-state index is 12.7. The van der Waals surface area contributed by atoms with Crippen LogP contribution in [0.15, 0.2) is 65.8 Å². The van der Waals surface area contributed by atoms with Crippen LogP contribution in [0.1, 0.15) is 52.2 Å². The van der Waals surface area contributed by atoms with Gasteiger partial charge in [0.05, 0.1) is 25.0 Å². The molecule has 2 N–H and O–H groups in total. The lowest BCUT2D eigenvalue weighted by Gasteiger charge is -2.13. The number of amides is 2. The third-order valence-electron chi connectivity index (χ3n) is 7.00. The SMILES string of the molecule is CCOC(=O)c1c(NC(=O)C(=O)NN=C(C)c2ccc(OCc3cccc4ccccc34)c(OC)c2)sc2c1CCC2. The Morgan fingerprint density at radius 2 is 1.79 bits per heavy atom. The second-order valence-corrected chi connectivity index (χ2v) is 10.8. The van der Waals surface area contributed by atoms with Crippen molar-refractivity contribution in [2.75, 3.05) is 19.0 Å². The number of nitrogens with zero attached hydrogens (tertiary/aromatic N) is 1. The van der Waals surface area contributed by atoms with Gasteiger partial charge in [0.25, 0.3) is 0 Å². The standard InChI is InChI=1S/C32H31N3O6S/c1-4-40-32(38)28-24-13-8-14-27(24)42-31(28)33-29(36)30(37)35-34-19(2)21-15-16-25(26(17-21)39-3)41-18-22-11-7-10-20-9-5-6-12-23(20)22/h5-7,9-12,15-17H,4,8,13-14,18H2,1-3H3,(H,33,36)(H,35,37). The minimum atomic E-state index is -0.959. The Balaban J connectivity index is 1.24. The molecule has 4 aromatic rings. The van der Waals surface area contributed by atoms with Gasteiger partial charge in [0.2, 0.25) is 0 Å². The van der Waals surface area contributed by atoms with Crippen molar-refractivity contribution in [1.29, 1.82) is 0 Å². The molecule has 0 fully saturated rings. The number of hydrogen-bond acceptors (Lipinski definition) is 8. The number of rotatable bonds is 9. The predicted octanol–water partition coefficient (Wildman–Crippen LogP) is 5.63. The quantitative estimate of drug-likeness (QED) is 0.114. The molecular formula is C32H31N3O6S. The summed E-state index contributed by atoms with van der Waals surface area (Å²) in [6, 6.07) is 19.6. The molecule has 0 bridgehead atoms. The van der Waals surface area contributed by atoms with Crippen molar-refractivity contribution >= 4 is 50.6 Å². The maximum absolute atomic E-state index is 12.7.